The fourth-order valence-corrected chi connectivity index (χ4v) is 1.21. The number of aryl methyl sites for hydroxylation is 2. The quantitative estimate of drug-likeness (QED) is 0.704. The minimum Gasteiger partial charge on any atom is -0.379 e. The van der Waals surface area contributed by atoms with E-state index < -0.39 is 12.3 Å². The van der Waals surface area contributed by atoms with Crippen LogP contribution in [-0.4, -0.2) is 16.3 Å². The molecule has 0 aromatic carbocycles. The van der Waals surface area contributed by atoms with E-state index in [9.17, 15) is 13.2 Å². The number of H-pyrrole nitrogens is 1. The Bertz CT molecular complexity index is 303. The van der Waals surface area contributed by atoms with Crippen LogP contribution in [0.25, 0.3) is 0 Å². The normalized spacial score (nSPS) is 14.6. The molecule has 0 amide bonds. The van der Waals surface area contributed by atoms with Crippen LogP contribution in [0.3, 0.4) is 0 Å². The summed E-state index contributed by atoms with van der Waals surface area (Å²) in [5.41, 5.74) is 0.850. The second-order valence-corrected chi connectivity index (χ2v) is 2.98. The molecule has 0 aliphatic carbocycles. The molecule has 0 saturated heterocycles. The molecule has 0 fully saturated rings. The Morgan fingerprint density at radius 2 is 1.92 bits per heavy atom. The number of aliphatic hydroxyl groups is 1. The minimum atomic E-state index is -4.60. The molecule has 0 aliphatic heterocycles. The van der Waals surface area contributed by atoms with Gasteiger partial charge in [0.2, 0.25) is 0 Å². The highest BCUT2D eigenvalue weighted by Gasteiger charge is 2.40. The lowest BCUT2D eigenvalue weighted by atomic mass is 10.1. The fraction of sp³-hybridized carbons (Fsp3) is 0.500. The Morgan fingerprint density at radius 1 is 1.38 bits per heavy atom. The minimum absolute atomic E-state index is 0.106. The van der Waals surface area contributed by atoms with Gasteiger partial charge in [0, 0.05) is 17.0 Å². The summed E-state index contributed by atoms with van der Waals surface area (Å²) in [7, 11) is 0. The van der Waals surface area contributed by atoms with Gasteiger partial charge in [0.15, 0.2) is 6.10 Å². The molecular formula is C8H10F3NO. The van der Waals surface area contributed by atoms with Gasteiger partial charge in [-0.2, -0.15) is 13.2 Å². The number of halogens is 3. The molecule has 0 bridgehead atoms. The van der Waals surface area contributed by atoms with Crippen LogP contribution in [0.2, 0.25) is 0 Å². The van der Waals surface area contributed by atoms with Gasteiger partial charge in [0.1, 0.15) is 0 Å². The molecule has 0 aliphatic rings. The molecule has 74 valence electrons. The summed E-state index contributed by atoms with van der Waals surface area (Å²) >= 11 is 0. The molecule has 1 aromatic rings. The van der Waals surface area contributed by atoms with Crippen molar-refractivity contribution < 1.29 is 18.3 Å². The highest BCUT2D eigenvalue weighted by Crippen LogP contribution is 2.34. The van der Waals surface area contributed by atoms with Crippen LogP contribution in [0, 0.1) is 13.8 Å². The number of hydrogen-bond acceptors (Lipinski definition) is 1. The second kappa shape index (κ2) is 3.06. The van der Waals surface area contributed by atoms with Crippen molar-refractivity contribution in [1.82, 2.24) is 4.98 Å². The van der Waals surface area contributed by atoms with Crippen LogP contribution in [-0.2, 0) is 0 Å². The van der Waals surface area contributed by atoms with Gasteiger partial charge in [-0.3, -0.25) is 0 Å². The first-order chi connectivity index (χ1) is 5.82. The Labute approximate surface area is 73.4 Å². The van der Waals surface area contributed by atoms with Gasteiger partial charge in [-0.25, -0.2) is 0 Å². The van der Waals surface area contributed by atoms with Crippen LogP contribution in [0.5, 0.6) is 0 Å². The highest BCUT2D eigenvalue weighted by molar-refractivity contribution is 5.27. The van der Waals surface area contributed by atoms with E-state index >= 15 is 0 Å². The lowest BCUT2D eigenvalue weighted by Crippen LogP contribution is -2.20. The summed E-state index contributed by atoms with van der Waals surface area (Å²) in [5, 5.41) is 8.91. The van der Waals surface area contributed by atoms with E-state index in [1.807, 2.05) is 0 Å². The summed E-state index contributed by atoms with van der Waals surface area (Å²) in [6.45, 7) is 3.14. The van der Waals surface area contributed by atoms with Crippen molar-refractivity contribution in [3.05, 3.63) is 23.0 Å². The topological polar surface area (TPSA) is 36.0 Å². The van der Waals surface area contributed by atoms with Crippen LogP contribution >= 0.6 is 0 Å². The van der Waals surface area contributed by atoms with E-state index in [-0.39, 0.29) is 5.56 Å². The van der Waals surface area contributed by atoms with Crippen LogP contribution in [0.15, 0.2) is 6.07 Å². The molecule has 2 N–H and O–H groups in total. The molecule has 0 saturated carbocycles. The van der Waals surface area contributed by atoms with Crippen LogP contribution in [0.4, 0.5) is 13.2 Å². The SMILES string of the molecule is Cc1cc([C@@H](O)C(F)(F)F)c(C)[nH]1. The zero-order valence-electron chi connectivity index (χ0n) is 7.24. The average Bonchev–Trinajstić information content (AvgIpc) is 2.26. The zero-order valence-corrected chi connectivity index (χ0v) is 7.24. The lowest BCUT2D eigenvalue weighted by molar-refractivity contribution is -0.206. The molecule has 0 unspecified atom stereocenters. The molecule has 2 nitrogen and oxygen atoms in total. The Hall–Kier alpha value is -0.970. The predicted octanol–water partition coefficient (Wildman–Crippen LogP) is 2.23. The third kappa shape index (κ3) is 2.03. The molecular weight excluding hydrogens is 183 g/mol. The van der Waals surface area contributed by atoms with Crippen LogP contribution < -0.4 is 0 Å². The average molecular weight is 193 g/mol. The van der Waals surface area contributed by atoms with Gasteiger partial charge in [0.25, 0.3) is 0 Å². The van der Waals surface area contributed by atoms with Crippen molar-refractivity contribution in [1.29, 1.82) is 0 Å². The molecule has 0 radical (unpaired) electrons. The lowest BCUT2D eigenvalue weighted by Gasteiger charge is -2.13. The number of hydrogen-bond donors (Lipinski definition) is 2. The number of aliphatic hydroxyl groups excluding tert-OH is 1. The number of nitrogens with one attached hydrogen (secondary N) is 1. The van der Waals surface area contributed by atoms with Crippen molar-refractivity contribution in [2.45, 2.75) is 26.1 Å². The summed E-state index contributed by atoms with van der Waals surface area (Å²) in [5.74, 6) is 0. The first kappa shape index (κ1) is 10.1. The highest BCUT2D eigenvalue weighted by atomic mass is 19.4. The third-order valence-electron chi connectivity index (χ3n) is 1.79. The van der Waals surface area contributed by atoms with E-state index in [0.29, 0.717) is 11.4 Å². The van der Waals surface area contributed by atoms with Gasteiger partial charge >= 0.3 is 6.18 Å². The van der Waals surface area contributed by atoms with Crippen molar-refractivity contribution in [2.24, 2.45) is 0 Å². The van der Waals surface area contributed by atoms with Gasteiger partial charge in [-0.15, -0.1) is 0 Å². The van der Waals surface area contributed by atoms with Gasteiger partial charge in [0.05, 0.1) is 0 Å². The van der Waals surface area contributed by atoms with Crippen molar-refractivity contribution >= 4 is 0 Å². The van der Waals surface area contributed by atoms with E-state index in [2.05, 4.69) is 4.98 Å². The Morgan fingerprint density at radius 3 is 2.23 bits per heavy atom. The Balaban J connectivity index is 3.01. The summed E-state index contributed by atoms with van der Waals surface area (Å²) in [6.07, 6.45) is -6.99. The monoisotopic (exact) mass is 193 g/mol. The zero-order chi connectivity index (χ0) is 10.2. The molecule has 1 rings (SSSR count). The number of alkyl halides is 3. The second-order valence-electron chi connectivity index (χ2n) is 2.98. The molecule has 1 atom stereocenters. The van der Waals surface area contributed by atoms with Gasteiger partial charge < -0.3 is 10.1 Å². The number of aromatic amines is 1. The van der Waals surface area contributed by atoms with Crippen molar-refractivity contribution in [3.8, 4) is 0 Å². The summed E-state index contributed by atoms with van der Waals surface area (Å²) < 4.78 is 36.2. The standard InChI is InChI=1S/C8H10F3NO/c1-4-3-6(5(2)12-4)7(13)8(9,10)11/h3,7,12-13H,1-2H3/t7-/m1/s1. The molecule has 13 heavy (non-hydrogen) atoms. The maximum absolute atomic E-state index is 12.1. The van der Waals surface area contributed by atoms with Crippen LogP contribution in [0.1, 0.15) is 23.1 Å². The molecule has 5 heteroatoms. The first-order valence-corrected chi connectivity index (χ1v) is 3.73. The fourth-order valence-electron chi connectivity index (χ4n) is 1.21. The van der Waals surface area contributed by atoms with E-state index in [1.54, 1.807) is 6.92 Å². The summed E-state index contributed by atoms with van der Waals surface area (Å²) in [4.78, 5) is 2.70. The smallest absolute Gasteiger partial charge is 0.379 e. The Kier molecular flexibility index (Phi) is 2.38. The molecule has 1 aromatic heterocycles. The van der Waals surface area contributed by atoms with E-state index in [0.717, 1.165) is 0 Å². The first-order valence-electron chi connectivity index (χ1n) is 3.73. The molecule has 0 spiro atoms. The van der Waals surface area contributed by atoms with Crippen molar-refractivity contribution in [2.75, 3.05) is 0 Å². The maximum Gasteiger partial charge on any atom is 0.418 e. The number of rotatable bonds is 1. The predicted molar refractivity (Wildman–Crippen MR) is 41.3 cm³/mol. The van der Waals surface area contributed by atoms with E-state index in [1.165, 1.54) is 13.0 Å². The van der Waals surface area contributed by atoms with Gasteiger partial charge in [-0.1, -0.05) is 0 Å². The third-order valence-corrected chi connectivity index (χ3v) is 1.79. The van der Waals surface area contributed by atoms with E-state index in [4.69, 9.17) is 5.11 Å². The molecule has 1 heterocycles. The summed E-state index contributed by atoms with van der Waals surface area (Å²) in [6, 6.07) is 1.30. The van der Waals surface area contributed by atoms with Gasteiger partial charge in [-0.05, 0) is 19.9 Å². The van der Waals surface area contributed by atoms with Crippen molar-refractivity contribution in [3.63, 3.8) is 0 Å². The maximum atomic E-state index is 12.1. The largest absolute Gasteiger partial charge is 0.418 e. The number of aromatic nitrogens is 1.